The lowest BCUT2D eigenvalue weighted by atomic mass is 9.76. The number of amides is 2. The molecule has 230 valence electrons. The van der Waals surface area contributed by atoms with Gasteiger partial charge in [-0.3, -0.25) is 9.59 Å². The fourth-order valence-electron chi connectivity index (χ4n) is 5.65. The molecule has 1 unspecified atom stereocenters. The predicted octanol–water partition coefficient (Wildman–Crippen LogP) is 4.52. The molecule has 4 N–H and O–H groups in total. The number of nitrogens with zero attached hydrogens (tertiary/aromatic N) is 2. The summed E-state index contributed by atoms with van der Waals surface area (Å²) < 4.78 is 69.9. The van der Waals surface area contributed by atoms with Gasteiger partial charge in [-0.05, 0) is 68.1 Å². The summed E-state index contributed by atoms with van der Waals surface area (Å²) in [6.07, 6.45) is -4.14. The molecule has 0 spiro atoms. The number of aryl methyl sites for hydroxylation is 1. The standard InChI is InChI=1S/C30H26F4N4O5S/c1-14-37-24-20(42-2)9-16(10-21(24)44-14)26(39)36-12-29(41,30(32,33)34)22-11-19-25(23(38-22)15-3-7-18(31)8-4-15)43-13-28(19,27(35)40)17-5-6-17/h3-4,7-11,17,41H,5-6,12-13H2,1-2H3,(H2,35,40)(H,36,39)/t28-,29?/m1/s1. The van der Waals surface area contributed by atoms with Crippen LogP contribution in [0.3, 0.4) is 0 Å². The van der Waals surface area contributed by atoms with Crippen molar-refractivity contribution in [1.82, 2.24) is 15.3 Å². The van der Waals surface area contributed by atoms with Crippen LogP contribution in [0, 0.1) is 18.7 Å². The molecule has 2 amide bonds. The first-order valence-corrected chi connectivity index (χ1v) is 14.4. The van der Waals surface area contributed by atoms with E-state index in [0.717, 1.165) is 18.2 Å². The van der Waals surface area contributed by atoms with E-state index in [4.69, 9.17) is 15.2 Å². The maximum absolute atomic E-state index is 14.8. The maximum atomic E-state index is 14.8. The summed E-state index contributed by atoms with van der Waals surface area (Å²) in [4.78, 5) is 34.5. The van der Waals surface area contributed by atoms with Gasteiger partial charge >= 0.3 is 6.18 Å². The Morgan fingerprint density at radius 1 is 1.18 bits per heavy atom. The first-order chi connectivity index (χ1) is 20.8. The normalized spacial score (nSPS) is 19.2. The van der Waals surface area contributed by atoms with E-state index in [2.05, 4.69) is 15.3 Å². The molecule has 1 fully saturated rings. The number of hydrogen-bond acceptors (Lipinski definition) is 8. The number of pyridine rings is 1. The summed E-state index contributed by atoms with van der Waals surface area (Å²) in [5.74, 6) is -2.28. The number of nitrogens with one attached hydrogen (secondary N) is 1. The Hall–Kier alpha value is -4.30. The van der Waals surface area contributed by atoms with Crippen molar-refractivity contribution < 1.29 is 41.7 Å². The predicted molar refractivity (Wildman–Crippen MR) is 152 cm³/mol. The zero-order valence-electron chi connectivity index (χ0n) is 23.4. The van der Waals surface area contributed by atoms with Crippen LogP contribution in [-0.4, -0.2) is 53.3 Å². The number of carbonyl (C=O) groups excluding carboxylic acids is 2. The largest absolute Gasteiger partial charge is 0.494 e. The summed E-state index contributed by atoms with van der Waals surface area (Å²) in [5.41, 5.74) is 0.392. The second-order valence-corrected chi connectivity index (χ2v) is 12.2. The van der Waals surface area contributed by atoms with Crippen LogP contribution >= 0.6 is 11.3 Å². The van der Waals surface area contributed by atoms with Gasteiger partial charge in [-0.15, -0.1) is 11.3 Å². The van der Waals surface area contributed by atoms with Crippen molar-refractivity contribution in [3.8, 4) is 22.8 Å². The molecule has 0 bridgehead atoms. The highest BCUT2D eigenvalue weighted by atomic mass is 32.1. The number of alkyl halides is 3. The van der Waals surface area contributed by atoms with Gasteiger partial charge in [-0.1, -0.05) is 0 Å². The minimum absolute atomic E-state index is 0.00804. The Bertz CT molecular complexity index is 1810. The average Bonchev–Trinajstić information content (AvgIpc) is 3.64. The van der Waals surface area contributed by atoms with Gasteiger partial charge in [-0.25, -0.2) is 14.4 Å². The van der Waals surface area contributed by atoms with Gasteiger partial charge in [0.1, 0.15) is 40.5 Å². The van der Waals surface area contributed by atoms with E-state index in [1.807, 2.05) is 0 Å². The van der Waals surface area contributed by atoms with Crippen molar-refractivity contribution in [2.24, 2.45) is 11.7 Å². The molecule has 0 radical (unpaired) electrons. The lowest BCUT2D eigenvalue weighted by molar-refractivity contribution is -0.265. The lowest BCUT2D eigenvalue weighted by Gasteiger charge is -2.32. The van der Waals surface area contributed by atoms with E-state index in [1.165, 1.54) is 42.7 Å². The van der Waals surface area contributed by atoms with Crippen LogP contribution in [0.25, 0.3) is 21.5 Å². The molecule has 0 saturated heterocycles. The van der Waals surface area contributed by atoms with E-state index in [0.29, 0.717) is 28.1 Å². The molecule has 1 saturated carbocycles. The number of benzene rings is 2. The third-order valence-electron chi connectivity index (χ3n) is 8.18. The molecule has 4 aromatic rings. The van der Waals surface area contributed by atoms with Gasteiger partial charge in [0.2, 0.25) is 11.5 Å². The van der Waals surface area contributed by atoms with Crippen LogP contribution in [0.15, 0.2) is 42.5 Å². The molecule has 44 heavy (non-hydrogen) atoms. The van der Waals surface area contributed by atoms with Crippen molar-refractivity contribution in [3.63, 3.8) is 0 Å². The molecule has 1 aliphatic heterocycles. The van der Waals surface area contributed by atoms with E-state index in [-0.39, 0.29) is 46.4 Å². The Morgan fingerprint density at radius 3 is 2.50 bits per heavy atom. The summed E-state index contributed by atoms with van der Waals surface area (Å²) in [7, 11) is 1.38. The zero-order valence-corrected chi connectivity index (χ0v) is 24.2. The first-order valence-electron chi connectivity index (χ1n) is 13.6. The monoisotopic (exact) mass is 630 g/mol. The Kier molecular flexibility index (Phi) is 7.04. The van der Waals surface area contributed by atoms with Crippen molar-refractivity contribution >= 4 is 33.4 Å². The number of methoxy groups -OCH3 is 1. The molecule has 2 aromatic heterocycles. The van der Waals surface area contributed by atoms with Gasteiger partial charge < -0.3 is 25.6 Å². The van der Waals surface area contributed by atoms with Crippen LogP contribution in [0.4, 0.5) is 17.6 Å². The summed E-state index contributed by atoms with van der Waals surface area (Å²) in [5, 5.41) is 14.2. The first kappa shape index (κ1) is 29.8. The maximum Gasteiger partial charge on any atom is 0.424 e. The van der Waals surface area contributed by atoms with Gasteiger partial charge in [0.15, 0.2) is 0 Å². The minimum Gasteiger partial charge on any atom is -0.494 e. The van der Waals surface area contributed by atoms with Crippen LogP contribution in [0.1, 0.15) is 39.5 Å². The van der Waals surface area contributed by atoms with E-state index in [1.54, 1.807) is 6.92 Å². The third-order valence-corrected chi connectivity index (χ3v) is 9.09. The Balaban J connectivity index is 1.44. The summed E-state index contributed by atoms with van der Waals surface area (Å²) in [6.45, 7) is 0.225. The van der Waals surface area contributed by atoms with Crippen molar-refractivity contribution in [3.05, 3.63) is 70.1 Å². The fraction of sp³-hybridized carbons (Fsp3) is 0.333. The van der Waals surface area contributed by atoms with Crippen LogP contribution in [0.5, 0.6) is 11.5 Å². The highest BCUT2D eigenvalue weighted by Crippen LogP contribution is 2.56. The van der Waals surface area contributed by atoms with Crippen LogP contribution in [-0.2, 0) is 15.8 Å². The Labute approximate surface area is 252 Å². The molecule has 1 aliphatic carbocycles. The number of ether oxygens (including phenoxy) is 2. The highest BCUT2D eigenvalue weighted by molar-refractivity contribution is 7.18. The summed E-state index contributed by atoms with van der Waals surface area (Å²) >= 11 is 1.28. The molecular weight excluding hydrogens is 604 g/mol. The highest BCUT2D eigenvalue weighted by Gasteiger charge is 2.60. The molecule has 14 heteroatoms. The molecule has 6 rings (SSSR count). The van der Waals surface area contributed by atoms with Crippen molar-refractivity contribution in [2.45, 2.75) is 37.0 Å². The topological polar surface area (TPSA) is 137 Å². The minimum atomic E-state index is -5.34. The zero-order chi connectivity index (χ0) is 31.6. The van der Waals surface area contributed by atoms with Gasteiger partial charge in [0.05, 0.1) is 29.1 Å². The van der Waals surface area contributed by atoms with Crippen LogP contribution < -0.4 is 20.5 Å². The molecular formula is C30H26F4N4O5S. The quantitative estimate of drug-likeness (QED) is 0.244. The molecule has 2 atom stereocenters. The van der Waals surface area contributed by atoms with Crippen LogP contribution in [0.2, 0.25) is 0 Å². The number of primary amides is 1. The number of rotatable bonds is 8. The molecule has 2 aliphatic rings. The number of aromatic nitrogens is 2. The fourth-order valence-corrected chi connectivity index (χ4v) is 6.54. The van der Waals surface area contributed by atoms with E-state index < -0.39 is 47.1 Å². The SMILES string of the molecule is COc1cc(C(=O)NCC(O)(c2cc3c(c(-c4ccc(F)cc4)n2)OC[C@@]3(C(N)=O)C2CC2)C(F)(F)F)cc2sc(C)nc12. The number of thiazole rings is 1. The molecule has 9 nitrogen and oxygen atoms in total. The number of hydrogen-bond donors (Lipinski definition) is 3. The van der Waals surface area contributed by atoms with E-state index in [9.17, 15) is 32.3 Å². The number of nitrogens with two attached hydrogens (primary N) is 1. The van der Waals surface area contributed by atoms with Crippen molar-refractivity contribution in [1.29, 1.82) is 0 Å². The number of halogens is 4. The lowest BCUT2D eigenvalue weighted by Crippen LogP contribution is -2.52. The molecule has 2 aromatic carbocycles. The van der Waals surface area contributed by atoms with Crippen molar-refractivity contribution in [2.75, 3.05) is 20.3 Å². The van der Waals surface area contributed by atoms with Gasteiger partial charge in [0.25, 0.3) is 5.91 Å². The smallest absolute Gasteiger partial charge is 0.424 e. The van der Waals surface area contributed by atoms with E-state index >= 15 is 0 Å². The number of fused-ring (bicyclic) bond motifs is 2. The Morgan fingerprint density at radius 2 is 1.89 bits per heavy atom. The number of aliphatic hydroxyl groups is 1. The van der Waals surface area contributed by atoms with Gasteiger partial charge in [-0.2, -0.15) is 13.2 Å². The van der Waals surface area contributed by atoms with Gasteiger partial charge in [0, 0.05) is 16.7 Å². The molecule has 3 heterocycles. The second kappa shape index (κ2) is 10.4. The third kappa shape index (κ3) is 4.72. The second-order valence-electron chi connectivity index (χ2n) is 10.9. The average molecular weight is 631 g/mol. The summed E-state index contributed by atoms with van der Waals surface area (Å²) in [6, 6.07) is 8.58. The number of carbonyl (C=O) groups is 2.